The fourth-order valence-corrected chi connectivity index (χ4v) is 3.12. The van der Waals surface area contributed by atoms with E-state index < -0.39 is 0 Å². The van der Waals surface area contributed by atoms with Gasteiger partial charge in [0.15, 0.2) is 0 Å². The molecule has 2 amide bonds. The van der Waals surface area contributed by atoms with Crippen LogP contribution in [-0.4, -0.2) is 38.1 Å². The predicted octanol–water partition coefficient (Wildman–Crippen LogP) is 3.39. The maximum Gasteiger partial charge on any atom is 0.255 e. The molecular formula is C19H20ClN3O3. The van der Waals surface area contributed by atoms with Gasteiger partial charge >= 0.3 is 0 Å². The number of hydrogen-bond donors (Lipinski definition) is 2. The van der Waals surface area contributed by atoms with E-state index in [2.05, 4.69) is 15.5 Å². The first-order valence-electron chi connectivity index (χ1n) is 8.35. The minimum absolute atomic E-state index is 0.156. The standard InChI is InChI=1S/C19H20ClN3O3/c1-13(24)21-15-7-5-14(6-8-15)19(25)22-17-4-2-3-16(20)18(17)23-9-11-26-12-10-23/h2-8H,9-12H2,1H3,(H,21,24)(H,22,25). The summed E-state index contributed by atoms with van der Waals surface area (Å²) < 4.78 is 5.39. The second-order valence-corrected chi connectivity index (χ2v) is 6.36. The van der Waals surface area contributed by atoms with Crippen LogP contribution >= 0.6 is 11.6 Å². The van der Waals surface area contributed by atoms with E-state index >= 15 is 0 Å². The van der Waals surface area contributed by atoms with Crippen LogP contribution in [0.1, 0.15) is 17.3 Å². The molecule has 0 aromatic heterocycles. The molecule has 0 unspecified atom stereocenters. The van der Waals surface area contributed by atoms with Crippen LogP contribution in [0.3, 0.4) is 0 Å². The molecule has 26 heavy (non-hydrogen) atoms. The van der Waals surface area contributed by atoms with E-state index in [0.717, 1.165) is 18.8 Å². The molecule has 6 nitrogen and oxygen atoms in total. The Morgan fingerprint density at radius 1 is 1.04 bits per heavy atom. The van der Waals surface area contributed by atoms with E-state index in [1.54, 1.807) is 24.3 Å². The van der Waals surface area contributed by atoms with Gasteiger partial charge in [0.25, 0.3) is 5.91 Å². The number of halogens is 1. The van der Waals surface area contributed by atoms with Gasteiger partial charge in [-0.2, -0.15) is 0 Å². The predicted molar refractivity (Wildman–Crippen MR) is 103 cm³/mol. The maximum atomic E-state index is 12.6. The SMILES string of the molecule is CC(=O)Nc1ccc(C(=O)Nc2cccc(Cl)c2N2CCOCC2)cc1. The molecule has 1 saturated heterocycles. The number of benzene rings is 2. The number of amides is 2. The highest BCUT2D eigenvalue weighted by Gasteiger charge is 2.19. The van der Waals surface area contributed by atoms with Gasteiger partial charge < -0.3 is 20.3 Å². The van der Waals surface area contributed by atoms with Gasteiger partial charge in [-0.05, 0) is 36.4 Å². The number of rotatable bonds is 4. The number of nitrogens with zero attached hydrogens (tertiary/aromatic N) is 1. The molecule has 0 aliphatic carbocycles. The first-order chi connectivity index (χ1) is 12.5. The zero-order chi connectivity index (χ0) is 18.5. The molecule has 7 heteroatoms. The van der Waals surface area contributed by atoms with Gasteiger partial charge in [0.1, 0.15) is 0 Å². The minimum atomic E-state index is -0.240. The van der Waals surface area contributed by atoms with E-state index in [9.17, 15) is 9.59 Å². The van der Waals surface area contributed by atoms with Crippen molar-refractivity contribution in [1.82, 2.24) is 0 Å². The second kappa shape index (κ2) is 8.21. The van der Waals surface area contributed by atoms with Crippen molar-refractivity contribution in [2.45, 2.75) is 6.92 Å². The first kappa shape index (κ1) is 18.2. The van der Waals surface area contributed by atoms with E-state index in [1.165, 1.54) is 6.92 Å². The molecule has 0 atom stereocenters. The molecule has 3 rings (SSSR count). The van der Waals surface area contributed by atoms with E-state index in [-0.39, 0.29) is 11.8 Å². The van der Waals surface area contributed by atoms with Gasteiger partial charge in [-0.15, -0.1) is 0 Å². The Hall–Kier alpha value is -2.57. The van der Waals surface area contributed by atoms with Crippen molar-refractivity contribution < 1.29 is 14.3 Å². The lowest BCUT2D eigenvalue weighted by molar-refractivity contribution is -0.114. The van der Waals surface area contributed by atoms with E-state index in [1.807, 2.05) is 18.2 Å². The fourth-order valence-electron chi connectivity index (χ4n) is 2.83. The number of ether oxygens (including phenoxy) is 1. The third kappa shape index (κ3) is 4.33. The molecule has 1 aliphatic heterocycles. The summed E-state index contributed by atoms with van der Waals surface area (Å²) in [6.07, 6.45) is 0. The molecule has 1 fully saturated rings. The number of hydrogen-bond acceptors (Lipinski definition) is 4. The van der Waals surface area contributed by atoms with E-state index in [4.69, 9.17) is 16.3 Å². The van der Waals surface area contributed by atoms with Crippen molar-refractivity contribution in [3.63, 3.8) is 0 Å². The summed E-state index contributed by atoms with van der Waals surface area (Å²) in [7, 11) is 0. The summed E-state index contributed by atoms with van der Waals surface area (Å²) >= 11 is 6.39. The molecule has 2 aromatic carbocycles. The fraction of sp³-hybridized carbons (Fsp3) is 0.263. The van der Waals surface area contributed by atoms with Gasteiger partial charge in [-0.3, -0.25) is 9.59 Å². The van der Waals surface area contributed by atoms with Crippen molar-refractivity contribution >= 4 is 40.5 Å². The first-order valence-corrected chi connectivity index (χ1v) is 8.72. The topological polar surface area (TPSA) is 70.7 Å². The number of anilines is 3. The minimum Gasteiger partial charge on any atom is -0.378 e. The Bertz CT molecular complexity index is 802. The monoisotopic (exact) mass is 373 g/mol. The normalized spacial score (nSPS) is 14.0. The third-order valence-electron chi connectivity index (χ3n) is 4.03. The Morgan fingerprint density at radius 2 is 1.73 bits per heavy atom. The number of para-hydroxylation sites is 1. The molecule has 0 radical (unpaired) electrons. The number of carbonyl (C=O) groups is 2. The Kier molecular flexibility index (Phi) is 5.75. The number of carbonyl (C=O) groups excluding carboxylic acids is 2. The van der Waals surface area contributed by atoms with Crippen LogP contribution in [0.4, 0.5) is 17.1 Å². The molecule has 0 saturated carbocycles. The van der Waals surface area contributed by atoms with Gasteiger partial charge in [0.05, 0.1) is 29.6 Å². The molecule has 1 aliphatic rings. The molecule has 0 spiro atoms. The molecular weight excluding hydrogens is 354 g/mol. The lowest BCUT2D eigenvalue weighted by Gasteiger charge is -2.31. The third-order valence-corrected chi connectivity index (χ3v) is 4.33. The highest BCUT2D eigenvalue weighted by Crippen LogP contribution is 2.34. The summed E-state index contributed by atoms with van der Waals surface area (Å²) in [6.45, 7) is 4.13. The van der Waals surface area contributed by atoms with Gasteiger partial charge in [-0.1, -0.05) is 17.7 Å². The Balaban J connectivity index is 1.79. The van der Waals surface area contributed by atoms with Gasteiger partial charge in [-0.25, -0.2) is 0 Å². The van der Waals surface area contributed by atoms with Crippen LogP contribution in [0, 0.1) is 0 Å². The molecule has 2 aromatic rings. The smallest absolute Gasteiger partial charge is 0.255 e. The number of nitrogens with one attached hydrogen (secondary N) is 2. The summed E-state index contributed by atoms with van der Waals surface area (Å²) in [5, 5.41) is 6.19. The Morgan fingerprint density at radius 3 is 2.38 bits per heavy atom. The van der Waals surface area contributed by atoms with Crippen molar-refractivity contribution in [3.05, 3.63) is 53.1 Å². The van der Waals surface area contributed by atoms with Crippen LogP contribution in [0.15, 0.2) is 42.5 Å². The largest absolute Gasteiger partial charge is 0.378 e. The average molecular weight is 374 g/mol. The van der Waals surface area contributed by atoms with Crippen molar-refractivity contribution in [2.75, 3.05) is 41.8 Å². The Labute approximate surface area is 157 Å². The quantitative estimate of drug-likeness (QED) is 0.861. The average Bonchev–Trinajstić information content (AvgIpc) is 2.62. The van der Waals surface area contributed by atoms with Crippen LogP contribution in [0.5, 0.6) is 0 Å². The van der Waals surface area contributed by atoms with Crippen molar-refractivity contribution in [1.29, 1.82) is 0 Å². The summed E-state index contributed by atoms with van der Waals surface area (Å²) in [5.74, 6) is -0.396. The van der Waals surface area contributed by atoms with Crippen LogP contribution in [-0.2, 0) is 9.53 Å². The summed E-state index contributed by atoms with van der Waals surface area (Å²) in [4.78, 5) is 25.8. The maximum absolute atomic E-state index is 12.6. The zero-order valence-electron chi connectivity index (χ0n) is 14.4. The van der Waals surface area contributed by atoms with Crippen LogP contribution in [0.2, 0.25) is 5.02 Å². The highest BCUT2D eigenvalue weighted by atomic mass is 35.5. The lowest BCUT2D eigenvalue weighted by atomic mass is 10.1. The molecule has 136 valence electrons. The number of morpholine rings is 1. The zero-order valence-corrected chi connectivity index (χ0v) is 15.2. The lowest BCUT2D eigenvalue weighted by Crippen LogP contribution is -2.37. The summed E-state index contributed by atoms with van der Waals surface area (Å²) in [5.41, 5.74) is 2.61. The van der Waals surface area contributed by atoms with Crippen LogP contribution in [0.25, 0.3) is 0 Å². The molecule has 1 heterocycles. The van der Waals surface area contributed by atoms with Crippen molar-refractivity contribution in [2.24, 2.45) is 0 Å². The van der Waals surface area contributed by atoms with Gasteiger partial charge in [0, 0.05) is 31.3 Å². The van der Waals surface area contributed by atoms with Crippen LogP contribution < -0.4 is 15.5 Å². The van der Waals surface area contributed by atoms with Crippen molar-refractivity contribution in [3.8, 4) is 0 Å². The molecule has 0 bridgehead atoms. The van der Waals surface area contributed by atoms with Gasteiger partial charge in [0.2, 0.25) is 5.91 Å². The highest BCUT2D eigenvalue weighted by molar-refractivity contribution is 6.34. The summed E-state index contributed by atoms with van der Waals surface area (Å²) in [6, 6.07) is 12.2. The molecule has 2 N–H and O–H groups in total. The second-order valence-electron chi connectivity index (χ2n) is 5.95. The van der Waals surface area contributed by atoms with E-state index in [0.29, 0.717) is 35.2 Å².